The Kier molecular flexibility index (Phi) is 5.77. The van der Waals surface area contributed by atoms with Crippen molar-refractivity contribution in [3.05, 3.63) is 36.0 Å². The van der Waals surface area contributed by atoms with E-state index >= 15 is 0 Å². The first kappa shape index (κ1) is 21.4. The van der Waals surface area contributed by atoms with E-state index in [1.165, 1.54) is 11.3 Å². The van der Waals surface area contributed by atoms with Crippen LogP contribution in [-0.2, 0) is 9.53 Å². The number of pyridine rings is 1. The smallest absolute Gasteiger partial charge is 0.410 e. The van der Waals surface area contributed by atoms with Gasteiger partial charge < -0.3 is 19.4 Å². The highest BCUT2D eigenvalue weighted by molar-refractivity contribution is 5.92. The fourth-order valence-electron chi connectivity index (χ4n) is 4.40. The van der Waals surface area contributed by atoms with Crippen molar-refractivity contribution in [2.24, 2.45) is 5.92 Å². The molecule has 0 radical (unpaired) electrons. The number of aromatic nitrogens is 1. The summed E-state index contributed by atoms with van der Waals surface area (Å²) in [5.74, 6) is 0.0183. The Balaban J connectivity index is 1.35. The fraction of sp³-hybridized carbons (Fsp3) is 0.542. The molecular weight excluding hydrogens is 392 g/mol. The Labute approximate surface area is 184 Å². The molecule has 0 aliphatic carbocycles. The third-order valence-corrected chi connectivity index (χ3v) is 6.00. The van der Waals surface area contributed by atoms with Crippen LogP contribution in [0.4, 0.5) is 10.5 Å². The van der Waals surface area contributed by atoms with Crippen LogP contribution in [0.3, 0.4) is 0 Å². The zero-order valence-electron chi connectivity index (χ0n) is 18.9. The molecule has 7 nitrogen and oxygen atoms in total. The molecule has 2 aliphatic heterocycles. The molecule has 4 rings (SSSR count). The number of hydrogen-bond acceptors (Lipinski definition) is 5. The van der Waals surface area contributed by atoms with Crippen molar-refractivity contribution in [2.75, 3.05) is 44.2 Å². The number of piperazine rings is 1. The topological polar surface area (TPSA) is 66.0 Å². The first-order chi connectivity index (χ1) is 14.7. The number of hydrogen-bond donors (Lipinski definition) is 0. The lowest BCUT2D eigenvalue weighted by Gasteiger charge is -2.37. The molecule has 7 heteroatoms. The van der Waals surface area contributed by atoms with Crippen LogP contribution < -0.4 is 4.90 Å². The predicted octanol–water partition coefficient (Wildman–Crippen LogP) is 3.45. The van der Waals surface area contributed by atoms with Crippen molar-refractivity contribution >= 4 is 28.6 Å². The van der Waals surface area contributed by atoms with Gasteiger partial charge in [-0.05, 0) is 51.8 Å². The molecule has 2 fully saturated rings. The van der Waals surface area contributed by atoms with E-state index in [0.29, 0.717) is 32.6 Å². The molecular formula is C24H32N4O3. The standard InChI is InChI=1S/C24H32N4O3/c1-17-5-6-19-20(15-17)25-9-7-21(19)26-11-13-27(14-12-26)22(29)18-8-10-28(16-18)23(30)31-24(2,3)4/h5-7,9,15,18H,8,10-14,16H2,1-4H3/t18-/m0/s1. The molecule has 0 spiro atoms. The first-order valence-electron chi connectivity index (χ1n) is 11.1. The van der Waals surface area contributed by atoms with E-state index in [-0.39, 0.29) is 17.9 Å². The number of ether oxygens (including phenoxy) is 1. The van der Waals surface area contributed by atoms with Crippen LogP contribution in [-0.4, -0.2) is 71.7 Å². The summed E-state index contributed by atoms with van der Waals surface area (Å²) in [6, 6.07) is 8.41. The van der Waals surface area contributed by atoms with Gasteiger partial charge in [-0.25, -0.2) is 4.79 Å². The van der Waals surface area contributed by atoms with Crippen LogP contribution in [0.2, 0.25) is 0 Å². The van der Waals surface area contributed by atoms with Gasteiger partial charge in [0.15, 0.2) is 0 Å². The van der Waals surface area contributed by atoms with Crippen molar-refractivity contribution < 1.29 is 14.3 Å². The Bertz CT molecular complexity index is 976. The maximum Gasteiger partial charge on any atom is 0.410 e. The van der Waals surface area contributed by atoms with Crippen molar-refractivity contribution in [1.82, 2.24) is 14.8 Å². The SMILES string of the molecule is Cc1ccc2c(N3CCN(C(=O)[C@H]4CCN(C(=O)OC(C)(C)C)C4)CC3)ccnc2c1. The lowest BCUT2D eigenvalue weighted by Crippen LogP contribution is -2.51. The van der Waals surface area contributed by atoms with Crippen molar-refractivity contribution in [2.45, 2.75) is 39.7 Å². The molecule has 0 unspecified atom stereocenters. The summed E-state index contributed by atoms with van der Waals surface area (Å²) >= 11 is 0. The van der Waals surface area contributed by atoms with Gasteiger partial charge in [-0.3, -0.25) is 9.78 Å². The summed E-state index contributed by atoms with van der Waals surface area (Å²) in [5, 5.41) is 1.15. The van der Waals surface area contributed by atoms with Gasteiger partial charge in [0.25, 0.3) is 0 Å². The summed E-state index contributed by atoms with van der Waals surface area (Å²) in [7, 11) is 0. The molecule has 166 valence electrons. The average Bonchev–Trinajstić information content (AvgIpc) is 3.22. The Morgan fingerprint density at radius 2 is 1.77 bits per heavy atom. The van der Waals surface area contributed by atoms with Crippen molar-refractivity contribution in [1.29, 1.82) is 0 Å². The zero-order valence-corrected chi connectivity index (χ0v) is 18.9. The molecule has 0 N–H and O–H groups in total. The highest BCUT2D eigenvalue weighted by Gasteiger charge is 2.36. The molecule has 1 atom stereocenters. The second-order valence-electron chi connectivity index (χ2n) is 9.57. The third kappa shape index (κ3) is 4.75. The van der Waals surface area contributed by atoms with E-state index < -0.39 is 5.60 Å². The number of carbonyl (C=O) groups is 2. The van der Waals surface area contributed by atoms with Gasteiger partial charge in [-0.1, -0.05) is 12.1 Å². The zero-order chi connectivity index (χ0) is 22.2. The number of nitrogens with zero attached hydrogens (tertiary/aromatic N) is 4. The number of aryl methyl sites for hydroxylation is 1. The van der Waals surface area contributed by atoms with E-state index in [0.717, 1.165) is 24.0 Å². The predicted molar refractivity (Wildman–Crippen MR) is 121 cm³/mol. The van der Waals surface area contributed by atoms with Gasteiger partial charge in [0.2, 0.25) is 5.91 Å². The molecule has 2 aromatic rings. The molecule has 0 saturated carbocycles. The van der Waals surface area contributed by atoms with Crippen LogP contribution in [0, 0.1) is 12.8 Å². The van der Waals surface area contributed by atoms with Crippen LogP contribution in [0.5, 0.6) is 0 Å². The Morgan fingerprint density at radius 3 is 2.48 bits per heavy atom. The third-order valence-electron chi connectivity index (χ3n) is 6.00. The summed E-state index contributed by atoms with van der Waals surface area (Å²) in [6.45, 7) is 11.6. The molecule has 1 aromatic heterocycles. The summed E-state index contributed by atoms with van der Waals surface area (Å²) in [5.41, 5.74) is 2.86. The maximum atomic E-state index is 13.1. The number of anilines is 1. The molecule has 2 amide bonds. The number of amides is 2. The van der Waals surface area contributed by atoms with Gasteiger partial charge in [0, 0.05) is 56.5 Å². The lowest BCUT2D eigenvalue weighted by atomic mass is 10.1. The molecule has 0 bridgehead atoms. The largest absolute Gasteiger partial charge is 0.444 e. The molecule has 1 aromatic carbocycles. The summed E-state index contributed by atoms with van der Waals surface area (Å²) in [6.07, 6.45) is 2.23. The number of rotatable bonds is 2. The molecule has 2 aliphatic rings. The van der Waals surface area contributed by atoms with E-state index in [1.807, 2.05) is 31.9 Å². The minimum Gasteiger partial charge on any atom is -0.444 e. The summed E-state index contributed by atoms with van der Waals surface area (Å²) < 4.78 is 5.45. The van der Waals surface area contributed by atoms with Crippen molar-refractivity contribution in [3.63, 3.8) is 0 Å². The van der Waals surface area contributed by atoms with E-state index in [4.69, 9.17) is 4.74 Å². The lowest BCUT2D eigenvalue weighted by molar-refractivity contribution is -0.135. The van der Waals surface area contributed by atoms with Gasteiger partial charge in [0.1, 0.15) is 5.60 Å². The minimum atomic E-state index is -0.522. The normalized spacial score (nSPS) is 19.7. The number of carbonyl (C=O) groups excluding carboxylic acids is 2. The van der Waals surface area contributed by atoms with Crippen LogP contribution in [0.25, 0.3) is 10.9 Å². The van der Waals surface area contributed by atoms with Crippen LogP contribution in [0.1, 0.15) is 32.8 Å². The molecule has 3 heterocycles. The quantitative estimate of drug-likeness (QED) is 0.739. The first-order valence-corrected chi connectivity index (χ1v) is 11.1. The molecule has 2 saturated heterocycles. The van der Waals surface area contributed by atoms with Crippen LogP contribution >= 0.6 is 0 Å². The van der Waals surface area contributed by atoms with Gasteiger partial charge in [-0.15, -0.1) is 0 Å². The van der Waals surface area contributed by atoms with Gasteiger partial charge in [0.05, 0.1) is 11.4 Å². The summed E-state index contributed by atoms with van der Waals surface area (Å²) in [4.78, 5) is 35.8. The van der Waals surface area contributed by atoms with Crippen LogP contribution in [0.15, 0.2) is 30.5 Å². The fourth-order valence-corrected chi connectivity index (χ4v) is 4.40. The van der Waals surface area contributed by atoms with Gasteiger partial charge >= 0.3 is 6.09 Å². The number of likely N-dealkylation sites (tertiary alicyclic amines) is 1. The van der Waals surface area contributed by atoms with E-state index in [1.54, 1.807) is 4.90 Å². The Morgan fingerprint density at radius 1 is 1.03 bits per heavy atom. The second-order valence-corrected chi connectivity index (χ2v) is 9.57. The minimum absolute atomic E-state index is 0.135. The van der Waals surface area contributed by atoms with E-state index in [2.05, 4.69) is 41.1 Å². The van der Waals surface area contributed by atoms with Crippen molar-refractivity contribution in [3.8, 4) is 0 Å². The monoisotopic (exact) mass is 424 g/mol. The second kappa shape index (κ2) is 8.36. The Hall–Kier alpha value is -2.83. The average molecular weight is 425 g/mol. The maximum absolute atomic E-state index is 13.1. The highest BCUT2D eigenvalue weighted by atomic mass is 16.6. The number of fused-ring (bicyclic) bond motifs is 1. The number of benzene rings is 1. The highest BCUT2D eigenvalue weighted by Crippen LogP contribution is 2.28. The van der Waals surface area contributed by atoms with E-state index in [9.17, 15) is 9.59 Å². The molecule has 31 heavy (non-hydrogen) atoms. The van der Waals surface area contributed by atoms with Gasteiger partial charge in [-0.2, -0.15) is 0 Å².